The maximum absolute atomic E-state index is 14.3. The molecule has 0 saturated heterocycles. The topological polar surface area (TPSA) is 122 Å². The molecule has 0 bridgehead atoms. The van der Waals surface area contributed by atoms with Gasteiger partial charge in [-0.25, -0.2) is 23.2 Å². The van der Waals surface area contributed by atoms with Crippen LogP contribution in [0.3, 0.4) is 0 Å². The molecule has 0 unspecified atom stereocenters. The number of sulfonamides is 1. The number of hydrazine groups is 1. The van der Waals surface area contributed by atoms with E-state index in [0.29, 0.717) is 0 Å². The summed E-state index contributed by atoms with van der Waals surface area (Å²) in [6.45, 7) is 0. The highest BCUT2D eigenvalue weighted by Crippen LogP contribution is 2.29. The lowest BCUT2D eigenvalue weighted by Gasteiger charge is -2.19. The predicted molar refractivity (Wildman–Crippen MR) is 94.5 cm³/mol. The van der Waals surface area contributed by atoms with Crippen LogP contribution in [0.5, 0.6) is 0 Å². The predicted octanol–water partition coefficient (Wildman–Crippen LogP) is 1.93. The Bertz CT molecular complexity index is 848. The Morgan fingerprint density at radius 1 is 1.36 bits per heavy atom. The fraction of sp³-hybridized carbons (Fsp3) is 0.385. The Balaban J connectivity index is 1.77. The zero-order valence-electron chi connectivity index (χ0n) is 12.9. The number of rotatable bonds is 6. The lowest BCUT2D eigenvalue weighted by molar-refractivity contribution is 0.513. The smallest absolute Gasteiger partial charge is 0.266 e. The van der Waals surface area contributed by atoms with Crippen LogP contribution in [-0.4, -0.2) is 29.9 Å². The van der Waals surface area contributed by atoms with Crippen molar-refractivity contribution >= 4 is 44.0 Å². The second kappa shape index (κ2) is 7.38. The Hall–Kier alpha value is -1.53. The number of halogens is 2. The lowest BCUT2D eigenvalue weighted by atomic mass is 10.2. The first-order chi connectivity index (χ1) is 11.9. The van der Waals surface area contributed by atoms with E-state index in [4.69, 9.17) is 17.3 Å². The fourth-order valence-electron chi connectivity index (χ4n) is 2.56. The summed E-state index contributed by atoms with van der Waals surface area (Å²) < 4.78 is 44.7. The molecule has 1 aromatic carbocycles. The summed E-state index contributed by atoms with van der Waals surface area (Å²) in [6.07, 6.45) is 4.01. The molecule has 2 atom stereocenters. The zero-order chi connectivity index (χ0) is 18.0. The van der Waals surface area contributed by atoms with Gasteiger partial charge in [0.25, 0.3) is 10.0 Å². The van der Waals surface area contributed by atoms with Gasteiger partial charge in [0.1, 0.15) is 17.0 Å². The molecule has 5 N–H and O–H groups in total. The molecule has 0 spiro atoms. The van der Waals surface area contributed by atoms with Crippen LogP contribution in [0, 0.1) is 5.82 Å². The monoisotopic (exact) mass is 406 g/mol. The van der Waals surface area contributed by atoms with E-state index < -0.39 is 20.7 Å². The van der Waals surface area contributed by atoms with Gasteiger partial charge in [-0.3, -0.25) is 4.72 Å². The van der Waals surface area contributed by atoms with Crippen LogP contribution in [0.25, 0.3) is 0 Å². The molecule has 1 aliphatic carbocycles. The van der Waals surface area contributed by atoms with Gasteiger partial charge in [-0.15, -0.1) is 0 Å². The molecule has 1 aromatic heterocycles. The SMILES string of the molecule is N[C@@H]1CCC[C@H]1NNc1cc(F)c(S(=O)(=O)Nc2ncns2)cc1Cl. The second-order valence-electron chi connectivity index (χ2n) is 5.58. The van der Waals surface area contributed by atoms with Crippen molar-refractivity contribution in [2.75, 3.05) is 10.1 Å². The average Bonchev–Trinajstić information content (AvgIpc) is 3.19. The van der Waals surface area contributed by atoms with Crippen molar-refractivity contribution in [3.63, 3.8) is 0 Å². The van der Waals surface area contributed by atoms with Crippen LogP contribution < -0.4 is 21.3 Å². The zero-order valence-corrected chi connectivity index (χ0v) is 15.3. The standard InChI is InChI=1S/C13H16ClFN6O2S2/c14-7-4-12(25(22,23)21-13-17-6-18-24-13)8(15)5-11(7)20-19-10-3-1-2-9(10)16/h4-6,9-10,19-20H,1-3,16H2,(H,17,18,21)/t9-,10-/m1/s1. The minimum Gasteiger partial charge on any atom is -0.326 e. The minimum atomic E-state index is -4.16. The fourth-order valence-corrected chi connectivity index (χ4v) is 4.58. The van der Waals surface area contributed by atoms with E-state index in [-0.39, 0.29) is 27.9 Å². The van der Waals surface area contributed by atoms with Gasteiger partial charge >= 0.3 is 0 Å². The maximum Gasteiger partial charge on any atom is 0.266 e. The molecule has 1 fully saturated rings. The van der Waals surface area contributed by atoms with E-state index >= 15 is 0 Å². The summed E-state index contributed by atoms with van der Waals surface area (Å²) in [7, 11) is -4.16. The highest BCUT2D eigenvalue weighted by Gasteiger charge is 2.25. The molecule has 0 amide bonds. The highest BCUT2D eigenvalue weighted by molar-refractivity contribution is 7.93. The quantitative estimate of drug-likeness (QED) is 0.540. The molecule has 1 saturated carbocycles. The first-order valence-electron chi connectivity index (χ1n) is 7.42. The Morgan fingerprint density at radius 2 is 2.16 bits per heavy atom. The van der Waals surface area contributed by atoms with Gasteiger partial charge in [0.15, 0.2) is 0 Å². The number of hydrogen-bond acceptors (Lipinski definition) is 8. The van der Waals surface area contributed by atoms with E-state index in [2.05, 4.69) is 24.9 Å². The Kier molecular flexibility index (Phi) is 5.39. The lowest BCUT2D eigenvalue weighted by Crippen LogP contribution is -2.43. The number of benzene rings is 1. The number of nitrogens with one attached hydrogen (secondary N) is 3. The summed E-state index contributed by atoms with van der Waals surface area (Å²) in [4.78, 5) is 3.13. The number of anilines is 2. The van der Waals surface area contributed by atoms with Crippen LogP contribution >= 0.6 is 23.1 Å². The van der Waals surface area contributed by atoms with E-state index in [1.807, 2.05) is 0 Å². The van der Waals surface area contributed by atoms with Crippen molar-refractivity contribution < 1.29 is 12.8 Å². The molecular weight excluding hydrogens is 391 g/mol. The molecule has 8 nitrogen and oxygen atoms in total. The van der Waals surface area contributed by atoms with Crippen molar-refractivity contribution in [2.45, 2.75) is 36.2 Å². The van der Waals surface area contributed by atoms with Crippen molar-refractivity contribution in [3.8, 4) is 0 Å². The van der Waals surface area contributed by atoms with Crippen LogP contribution in [0.1, 0.15) is 19.3 Å². The van der Waals surface area contributed by atoms with Crippen LogP contribution in [-0.2, 0) is 10.0 Å². The summed E-state index contributed by atoms with van der Waals surface area (Å²) in [6, 6.07) is 2.11. The number of nitrogens with zero attached hydrogens (tertiary/aromatic N) is 2. The molecule has 0 aliphatic heterocycles. The third-order valence-electron chi connectivity index (χ3n) is 3.86. The van der Waals surface area contributed by atoms with Crippen molar-refractivity contribution in [2.24, 2.45) is 5.73 Å². The summed E-state index contributed by atoms with van der Waals surface area (Å²) in [5.41, 5.74) is 12.0. The molecule has 136 valence electrons. The summed E-state index contributed by atoms with van der Waals surface area (Å²) >= 11 is 6.93. The molecule has 2 aromatic rings. The van der Waals surface area contributed by atoms with E-state index in [1.165, 1.54) is 6.33 Å². The van der Waals surface area contributed by atoms with E-state index in [9.17, 15) is 12.8 Å². The number of aromatic nitrogens is 2. The maximum atomic E-state index is 14.3. The van der Waals surface area contributed by atoms with Crippen molar-refractivity contribution in [1.82, 2.24) is 14.8 Å². The van der Waals surface area contributed by atoms with Crippen LogP contribution in [0.15, 0.2) is 23.4 Å². The molecule has 1 heterocycles. The van der Waals surface area contributed by atoms with Gasteiger partial charge in [-0.1, -0.05) is 18.0 Å². The van der Waals surface area contributed by atoms with Gasteiger partial charge in [-0.05, 0) is 18.9 Å². The Labute approximate surface area is 153 Å². The molecule has 0 radical (unpaired) electrons. The summed E-state index contributed by atoms with van der Waals surface area (Å²) in [5.74, 6) is -0.943. The largest absolute Gasteiger partial charge is 0.326 e. The van der Waals surface area contributed by atoms with Gasteiger partial charge in [0.05, 0.1) is 10.7 Å². The van der Waals surface area contributed by atoms with Gasteiger partial charge in [-0.2, -0.15) is 4.37 Å². The van der Waals surface area contributed by atoms with Gasteiger partial charge in [0.2, 0.25) is 5.13 Å². The normalized spacial score (nSPS) is 20.6. The molecule has 12 heteroatoms. The number of hydrogen-bond donors (Lipinski definition) is 4. The van der Waals surface area contributed by atoms with E-state index in [1.54, 1.807) is 0 Å². The molecule has 3 rings (SSSR count). The van der Waals surface area contributed by atoms with Gasteiger partial charge < -0.3 is 11.2 Å². The average molecular weight is 407 g/mol. The minimum absolute atomic E-state index is 0.00637. The van der Waals surface area contributed by atoms with Gasteiger partial charge in [0, 0.05) is 29.7 Å². The second-order valence-corrected chi connectivity index (χ2v) is 8.42. The Morgan fingerprint density at radius 3 is 2.80 bits per heavy atom. The van der Waals surface area contributed by atoms with Crippen LogP contribution in [0.4, 0.5) is 15.2 Å². The van der Waals surface area contributed by atoms with Crippen molar-refractivity contribution in [1.29, 1.82) is 0 Å². The number of nitrogens with two attached hydrogens (primary N) is 1. The first-order valence-corrected chi connectivity index (χ1v) is 10.1. The molecular formula is C13H16ClFN6O2S2. The molecule has 1 aliphatic rings. The van der Waals surface area contributed by atoms with E-state index in [0.717, 1.165) is 42.9 Å². The third kappa shape index (κ3) is 4.18. The highest BCUT2D eigenvalue weighted by atomic mass is 35.5. The first kappa shape index (κ1) is 18.3. The van der Waals surface area contributed by atoms with Crippen molar-refractivity contribution in [3.05, 3.63) is 29.3 Å². The summed E-state index contributed by atoms with van der Waals surface area (Å²) in [5, 5.41) is 0.0905. The third-order valence-corrected chi connectivity index (χ3v) is 6.23. The van der Waals surface area contributed by atoms with Crippen LogP contribution in [0.2, 0.25) is 5.02 Å². The molecule has 25 heavy (non-hydrogen) atoms.